The second kappa shape index (κ2) is 6.02. The third kappa shape index (κ3) is 3.34. The Hall–Kier alpha value is -2.62. The Balaban J connectivity index is 1.57. The second-order valence-electron chi connectivity index (χ2n) is 5.66. The van der Waals surface area contributed by atoms with Gasteiger partial charge in [-0.3, -0.25) is 9.59 Å². The molecule has 4 nitrogen and oxygen atoms in total. The molecule has 0 saturated heterocycles. The first kappa shape index (κ1) is 14.3. The van der Waals surface area contributed by atoms with E-state index in [4.69, 9.17) is 0 Å². The van der Waals surface area contributed by atoms with Crippen LogP contribution in [0.25, 0.3) is 0 Å². The maximum absolute atomic E-state index is 12.0. The van der Waals surface area contributed by atoms with Gasteiger partial charge in [0.1, 0.15) is 0 Å². The molecule has 4 heteroatoms. The zero-order valence-electron chi connectivity index (χ0n) is 12.5. The Kier molecular flexibility index (Phi) is 3.92. The number of hydrogen-bond acceptors (Lipinski definition) is 2. The number of hydrogen-bond donors (Lipinski definition) is 2. The number of carbonyl (C=O) groups is 2. The summed E-state index contributed by atoms with van der Waals surface area (Å²) in [7, 11) is 0. The topological polar surface area (TPSA) is 58.2 Å². The van der Waals surface area contributed by atoms with Gasteiger partial charge in [-0.25, -0.2) is 0 Å². The SMILES string of the molecule is Cc1cccc(CC(=O)NCc2ccc3c(c2)CC(=O)N3)c1. The number of nitrogens with one attached hydrogen (secondary N) is 2. The van der Waals surface area contributed by atoms with Crippen LogP contribution < -0.4 is 10.6 Å². The molecule has 0 unspecified atom stereocenters. The van der Waals surface area contributed by atoms with E-state index in [0.29, 0.717) is 19.4 Å². The van der Waals surface area contributed by atoms with Crippen molar-refractivity contribution in [2.24, 2.45) is 0 Å². The molecule has 2 amide bonds. The van der Waals surface area contributed by atoms with E-state index in [-0.39, 0.29) is 11.8 Å². The van der Waals surface area contributed by atoms with Crippen molar-refractivity contribution in [3.63, 3.8) is 0 Å². The molecule has 0 fully saturated rings. The Morgan fingerprint density at radius 3 is 2.86 bits per heavy atom. The van der Waals surface area contributed by atoms with Crippen LogP contribution in [0.1, 0.15) is 22.3 Å². The van der Waals surface area contributed by atoms with Gasteiger partial charge in [-0.1, -0.05) is 42.0 Å². The molecule has 112 valence electrons. The van der Waals surface area contributed by atoms with Gasteiger partial charge in [0, 0.05) is 12.2 Å². The lowest BCUT2D eigenvalue weighted by atomic mass is 10.1. The summed E-state index contributed by atoms with van der Waals surface area (Å²) in [4.78, 5) is 23.3. The summed E-state index contributed by atoms with van der Waals surface area (Å²) in [5.74, 6) is 0.0240. The van der Waals surface area contributed by atoms with Gasteiger partial charge < -0.3 is 10.6 Å². The van der Waals surface area contributed by atoms with Crippen LogP contribution in [0.2, 0.25) is 0 Å². The van der Waals surface area contributed by atoms with Crippen molar-refractivity contribution < 1.29 is 9.59 Å². The summed E-state index contributed by atoms with van der Waals surface area (Å²) >= 11 is 0. The van der Waals surface area contributed by atoms with Crippen molar-refractivity contribution >= 4 is 17.5 Å². The number of fused-ring (bicyclic) bond motifs is 1. The average molecular weight is 294 g/mol. The monoisotopic (exact) mass is 294 g/mol. The Morgan fingerprint density at radius 2 is 2.05 bits per heavy atom. The highest BCUT2D eigenvalue weighted by molar-refractivity contribution is 5.99. The predicted octanol–water partition coefficient (Wildman–Crippen LogP) is 2.35. The van der Waals surface area contributed by atoms with E-state index in [0.717, 1.165) is 27.9 Å². The molecule has 0 radical (unpaired) electrons. The van der Waals surface area contributed by atoms with E-state index < -0.39 is 0 Å². The quantitative estimate of drug-likeness (QED) is 0.909. The van der Waals surface area contributed by atoms with Crippen molar-refractivity contribution in [2.45, 2.75) is 26.3 Å². The van der Waals surface area contributed by atoms with E-state index in [9.17, 15) is 9.59 Å². The summed E-state index contributed by atoms with van der Waals surface area (Å²) in [6.07, 6.45) is 0.799. The molecular weight excluding hydrogens is 276 g/mol. The maximum Gasteiger partial charge on any atom is 0.228 e. The number of anilines is 1. The van der Waals surface area contributed by atoms with E-state index in [2.05, 4.69) is 10.6 Å². The van der Waals surface area contributed by atoms with Gasteiger partial charge in [-0.05, 0) is 29.7 Å². The van der Waals surface area contributed by atoms with E-state index in [1.54, 1.807) is 0 Å². The van der Waals surface area contributed by atoms with Gasteiger partial charge in [0.05, 0.1) is 12.8 Å². The van der Waals surface area contributed by atoms with Gasteiger partial charge in [0.25, 0.3) is 0 Å². The van der Waals surface area contributed by atoms with Crippen molar-refractivity contribution in [1.29, 1.82) is 0 Å². The molecule has 3 rings (SSSR count). The molecule has 0 bridgehead atoms. The molecule has 0 atom stereocenters. The fourth-order valence-electron chi connectivity index (χ4n) is 2.66. The maximum atomic E-state index is 12.0. The third-order valence-electron chi connectivity index (χ3n) is 3.73. The standard InChI is InChI=1S/C18H18N2O2/c1-12-3-2-4-13(7-12)9-17(21)19-11-14-5-6-16-15(8-14)10-18(22)20-16/h2-8H,9-11H2,1H3,(H,19,21)(H,20,22). The minimum Gasteiger partial charge on any atom is -0.352 e. The fourth-order valence-corrected chi connectivity index (χ4v) is 2.66. The lowest BCUT2D eigenvalue weighted by molar-refractivity contribution is -0.120. The van der Waals surface area contributed by atoms with Crippen LogP contribution in [-0.4, -0.2) is 11.8 Å². The Bertz CT molecular complexity index is 738. The summed E-state index contributed by atoms with van der Waals surface area (Å²) in [6.45, 7) is 2.49. The summed E-state index contributed by atoms with van der Waals surface area (Å²) < 4.78 is 0. The zero-order valence-corrected chi connectivity index (χ0v) is 12.5. The summed E-state index contributed by atoms with van der Waals surface area (Å²) in [5.41, 5.74) is 5.05. The molecule has 22 heavy (non-hydrogen) atoms. The molecule has 0 aromatic heterocycles. The molecule has 0 aliphatic carbocycles. The molecule has 1 heterocycles. The van der Waals surface area contributed by atoms with Gasteiger partial charge >= 0.3 is 0 Å². The van der Waals surface area contributed by atoms with Crippen LogP contribution >= 0.6 is 0 Å². The minimum absolute atomic E-state index is 0.000278. The van der Waals surface area contributed by atoms with Crippen molar-refractivity contribution in [2.75, 3.05) is 5.32 Å². The molecule has 2 aromatic rings. The highest BCUT2D eigenvalue weighted by atomic mass is 16.2. The van der Waals surface area contributed by atoms with Gasteiger partial charge in [0.2, 0.25) is 11.8 Å². The van der Waals surface area contributed by atoms with Crippen molar-refractivity contribution in [3.05, 3.63) is 64.7 Å². The van der Waals surface area contributed by atoms with Crippen LogP contribution in [0.5, 0.6) is 0 Å². The summed E-state index contributed by atoms with van der Waals surface area (Å²) in [5, 5.41) is 5.73. The lowest BCUT2D eigenvalue weighted by Crippen LogP contribution is -2.24. The fraction of sp³-hybridized carbons (Fsp3) is 0.222. The van der Waals surface area contributed by atoms with E-state index in [1.807, 2.05) is 49.4 Å². The molecule has 0 spiro atoms. The van der Waals surface area contributed by atoms with E-state index >= 15 is 0 Å². The molecule has 2 N–H and O–H groups in total. The average Bonchev–Trinajstić information content (AvgIpc) is 2.84. The highest BCUT2D eigenvalue weighted by Crippen LogP contribution is 2.23. The minimum atomic E-state index is 0.000278. The van der Waals surface area contributed by atoms with Gasteiger partial charge in [-0.15, -0.1) is 0 Å². The number of aryl methyl sites for hydroxylation is 1. The van der Waals surface area contributed by atoms with Crippen LogP contribution in [0.15, 0.2) is 42.5 Å². The number of rotatable bonds is 4. The van der Waals surface area contributed by atoms with Gasteiger partial charge in [-0.2, -0.15) is 0 Å². The number of amides is 2. The first-order valence-electron chi connectivity index (χ1n) is 7.34. The molecular formula is C18H18N2O2. The molecule has 1 aliphatic rings. The van der Waals surface area contributed by atoms with Crippen molar-refractivity contribution in [1.82, 2.24) is 5.32 Å². The molecule has 1 aliphatic heterocycles. The first-order chi connectivity index (χ1) is 10.6. The first-order valence-corrected chi connectivity index (χ1v) is 7.34. The largest absolute Gasteiger partial charge is 0.352 e. The Morgan fingerprint density at radius 1 is 1.18 bits per heavy atom. The summed E-state index contributed by atoms with van der Waals surface area (Å²) in [6, 6.07) is 13.7. The lowest BCUT2D eigenvalue weighted by Gasteiger charge is -2.07. The van der Waals surface area contributed by atoms with E-state index in [1.165, 1.54) is 0 Å². The van der Waals surface area contributed by atoms with Crippen molar-refractivity contribution in [3.8, 4) is 0 Å². The van der Waals surface area contributed by atoms with Crippen LogP contribution in [0, 0.1) is 6.92 Å². The number of carbonyl (C=O) groups excluding carboxylic acids is 2. The second-order valence-corrected chi connectivity index (χ2v) is 5.66. The molecule has 0 saturated carbocycles. The van der Waals surface area contributed by atoms with Crippen LogP contribution in [0.3, 0.4) is 0 Å². The number of benzene rings is 2. The van der Waals surface area contributed by atoms with Gasteiger partial charge in [0.15, 0.2) is 0 Å². The Labute approximate surface area is 129 Å². The zero-order chi connectivity index (χ0) is 15.5. The normalized spacial score (nSPS) is 12.7. The molecule has 2 aromatic carbocycles. The predicted molar refractivity (Wildman–Crippen MR) is 85.5 cm³/mol. The van der Waals surface area contributed by atoms with Crippen LogP contribution in [-0.2, 0) is 29.0 Å². The smallest absolute Gasteiger partial charge is 0.228 e. The highest BCUT2D eigenvalue weighted by Gasteiger charge is 2.17. The van der Waals surface area contributed by atoms with Crippen LogP contribution in [0.4, 0.5) is 5.69 Å². The third-order valence-corrected chi connectivity index (χ3v) is 3.73.